The summed E-state index contributed by atoms with van der Waals surface area (Å²) in [6.45, 7) is 0.154. The molecule has 3 aromatic rings. The van der Waals surface area contributed by atoms with Gasteiger partial charge in [-0.25, -0.2) is 9.59 Å². The summed E-state index contributed by atoms with van der Waals surface area (Å²) in [6, 6.07) is 13.4. The van der Waals surface area contributed by atoms with Crippen molar-refractivity contribution in [3.8, 4) is 11.3 Å². The van der Waals surface area contributed by atoms with Crippen LogP contribution >= 0.6 is 0 Å². The maximum Gasteiger partial charge on any atom is 0.416 e. The van der Waals surface area contributed by atoms with Crippen molar-refractivity contribution in [2.75, 3.05) is 7.11 Å². The number of imidazole rings is 1. The molecule has 0 spiro atoms. The van der Waals surface area contributed by atoms with Gasteiger partial charge >= 0.3 is 17.8 Å². The molecule has 0 amide bonds. The molecule has 0 saturated heterocycles. The molecule has 5 nitrogen and oxygen atoms in total. The summed E-state index contributed by atoms with van der Waals surface area (Å²) < 4.78 is 45.9. The molecule has 8 heteroatoms. The van der Waals surface area contributed by atoms with Gasteiger partial charge in [0.05, 0.1) is 24.9 Å². The Kier molecular flexibility index (Phi) is 5.13. The van der Waals surface area contributed by atoms with Gasteiger partial charge in [0.25, 0.3) is 0 Å². The standard InChI is InChI=1S/C20H17F3N2O3/c1-24-17(18(26)28-2)16(14-8-10-15(11-9-14)20(21,22)23)25(19(24)27)12-13-6-4-3-5-7-13/h3-11H,12H2,1-2H3. The van der Waals surface area contributed by atoms with Crippen LogP contribution in [-0.4, -0.2) is 22.2 Å². The maximum atomic E-state index is 12.9. The average molecular weight is 390 g/mol. The fourth-order valence-corrected chi connectivity index (χ4v) is 3.01. The van der Waals surface area contributed by atoms with Crippen molar-refractivity contribution < 1.29 is 22.7 Å². The lowest BCUT2D eigenvalue weighted by atomic mass is 10.1. The number of benzene rings is 2. The number of rotatable bonds is 4. The molecule has 3 rings (SSSR count). The molecule has 0 aliphatic carbocycles. The minimum atomic E-state index is -4.48. The van der Waals surface area contributed by atoms with Crippen molar-refractivity contribution in [3.05, 3.63) is 81.9 Å². The van der Waals surface area contributed by atoms with Gasteiger partial charge in [0, 0.05) is 12.6 Å². The highest BCUT2D eigenvalue weighted by atomic mass is 19.4. The molecule has 0 unspecified atom stereocenters. The second-order valence-corrected chi connectivity index (χ2v) is 6.18. The Morgan fingerprint density at radius 1 is 1.04 bits per heavy atom. The summed E-state index contributed by atoms with van der Waals surface area (Å²) in [4.78, 5) is 25.1. The SMILES string of the molecule is COC(=O)c1c(-c2ccc(C(F)(F)F)cc2)n(Cc2ccccc2)c(=O)n1C. The minimum absolute atomic E-state index is 0.0248. The monoisotopic (exact) mass is 390 g/mol. The molecule has 0 N–H and O–H groups in total. The van der Waals surface area contributed by atoms with Crippen LogP contribution in [0.25, 0.3) is 11.3 Å². The third kappa shape index (κ3) is 3.58. The number of methoxy groups -OCH3 is 1. The first-order chi connectivity index (χ1) is 13.2. The van der Waals surface area contributed by atoms with Gasteiger partial charge in [-0.3, -0.25) is 9.13 Å². The molecule has 146 valence electrons. The van der Waals surface area contributed by atoms with Crippen LogP contribution < -0.4 is 5.69 Å². The van der Waals surface area contributed by atoms with E-state index in [9.17, 15) is 22.8 Å². The van der Waals surface area contributed by atoms with Crippen molar-refractivity contribution >= 4 is 5.97 Å². The largest absolute Gasteiger partial charge is 0.464 e. The molecule has 1 heterocycles. The first-order valence-corrected chi connectivity index (χ1v) is 8.33. The minimum Gasteiger partial charge on any atom is -0.464 e. The molecule has 0 atom stereocenters. The van der Waals surface area contributed by atoms with Gasteiger partial charge in [0.15, 0.2) is 5.69 Å². The van der Waals surface area contributed by atoms with Crippen LogP contribution in [0.5, 0.6) is 0 Å². The van der Waals surface area contributed by atoms with E-state index in [2.05, 4.69) is 0 Å². The first-order valence-electron chi connectivity index (χ1n) is 8.33. The normalized spacial score (nSPS) is 11.5. The van der Waals surface area contributed by atoms with Crippen LogP contribution in [-0.2, 0) is 24.5 Å². The highest BCUT2D eigenvalue weighted by Gasteiger charge is 2.31. The summed E-state index contributed by atoms with van der Waals surface area (Å²) >= 11 is 0. The van der Waals surface area contributed by atoms with E-state index in [0.29, 0.717) is 5.56 Å². The molecule has 0 aliphatic rings. The molecule has 0 radical (unpaired) electrons. The number of nitrogens with zero attached hydrogens (tertiary/aromatic N) is 2. The van der Waals surface area contributed by atoms with Crippen molar-refractivity contribution in [1.82, 2.24) is 9.13 Å². The van der Waals surface area contributed by atoms with Crippen LogP contribution in [0.1, 0.15) is 21.6 Å². The topological polar surface area (TPSA) is 53.2 Å². The van der Waals surface area contributed by atoms with Gasteiger partial charge < -0.3 is 4.74 Å². The number of halogens is 3. The maximum absolute atomic E-state index is 12.9. The van der Waals surface area contributed by atoms with E-state index in [1.54, 1.807) is 0 Å². The Balaban J connectivity index is 2.21. The fourth-order valence-electron chi connectivity index (χ4n) is 3.01. The summed E-state index contributed by atoms with van der Waals surface area (Å²) in [5.41, 5.74) is 0.00447. The highest BCUT2D eigenvalue weighted by molar-refractivity contribution is 5.94. The van der Waals surface area contributed by atoms with E-state index in [-0.39, 0.29) is 17.9 Å². The Labute approximate surface area is 158 Å². The lowest BCUT2D eigenvalue weighted by Crippen LogP contribution is -2.24. The summed E-state index contributed by atoms with van der Waals surface area (Å²) in [6.07, 6.45) is -4.48. The quantitative estimate of drug-likeness (QED) is 0.639. The Hall–Kier alpha value is -3.29. The predicted molar refractivity (Wildman–Crippen MR) is 97.0 cm³/mol. The summed E-state index contributed by atoms with van der Waals surface area (Å²) in [7, 11) is 2.60. The number of carbonyl (C=O) groups is 1. The first kappa shape index (κ1) is 19.5. The zero-order chi connectivity index (χ0) is 20.5. The number of hydrogen-bond acceptors (Lipinski definition) is 3. The van der Waals surface area contributed by atoms with Crippen LogP contribution in [0.2, 0.25) is 0 Å². The van der Waals surface area contributed by atoms with E-state index in [4.69, 9.17) is 4.74 Å². The highest BCUT2D eigenvalue weighted by Crippen LogP contribution is 2.32. The van der Waals surface area contributed by atoms with Crippen molar-refractivity contribution in [1.29, 1.82) is 0 Å². The summed E-state index contributed by atoms with van der Waals surface area (Å²) in [5, 5.41) is 0. The number of carbonyl (C=O) groups excluding carboxylic acids is 1. The second-order valence-electron chi connectivity index (χ2n) is 6.18. The molecular weight excluding hydrogens is 373 g/mol. The van der Waals surface area contributed by atoms with Crippen molar-refractivity contribution in [2.45, 2.75) is 12.7 Å². The van der Waals surface area contributed by atoms with E-state index >= 15 is 0 Å². The Morgan fingerprint density at radius 3 is 2.18 bits per heavy atom. The zero-order valence-electron chi connectivity index (χ0n) is 15.2. The molecule has 0 saturated carbocycles. The third-order valence-electron chi connectivity index (χ3n) is 4.40. The van der Waals surface area contributed by atoms with Gasteiger partial charge in [0.1, 0.15) is 0 Å². The van der Waals surface area contributed by atoms with Gasteiger partial charge in [0.2, 0.25) is 0 Å². The number of hydrogen-bond donors (Lipinski definition) is 0. The molecule has 0 aliphatic heterocycles. The second kappa shape index (κ2) is 7.38. The Morgan fingerprint density at radius 2 is 1.64 bits per heavy atom. The van der Waals surface area contributed by atoms with Crippen LogP contribution in [0.4, 0.5) is 13.2 Å². The molecule has 28 heavy (non-hydrogen) atoms. The number of ether oxygens (including phenoxy) is 1. The van der Waals surface area contributed by atoms with Crippen LogP contribution in [0.15, 0.2) is 59.4 Å². The van der Waals surface area contributed by atoms with Gasteiger partial charge in [-0.05, 0) is 17.7 Å². The van der Waals surface area contributed by atoms with Crippen LogP contribution in [0.3, 0.4) is 0 Å². The van der Waals surface area contributed by atoms with Gasteiger partial charge in [-0.1, -0.05) is 42.5 Å². The summed E-state index contributed by atoms with van der Waals surface area (Å²) in [5.74, 6) is -0.749. The lowest BCUT2D eigenvalue weighted by Gasteiger charge is -2.11. The molecular formula is C20H17F3N2O3. The van der Waals surface area contributed by atoms with E-state index in [0.717, 1.165) is 22.3 Å². The molecule has 1 aromatic heterocycles. The van der Waals surface area contributed by atoms with Gasteiger partial charge in [-0.2, -0.15) is 13.2 Å². The number of alkyl halides is 3. The molecule has 0 fully saturated rings. The van der Waals surface area contributed by atoms with Gasteiger partial charge in [-0.15, -0.1) is 0 Å². The van der Waals surface area contributed by atoms with Crippen LogP contribution in [0, 0.1) is 0 Å². The molecule has 2 aromatic carbocycles. The van der Waals surface area contributed by atoms with Crippen molar-refractivity contribution in [2.24, 2.45) is 7.05 Å². The average Bonchev–Trinajstić information content (AvgIpc) is 2.92. The van der Waals surface area contributed by atoms with E-state index in [1.807, 2.05) is 30.3 Å². The lowest BCUT2D eigenvalue weighted by molar-refractivity contribution is -0.137. The third-order valence-corrected chi connectivity index (χ3v) is 4.40. The van der Waals surface area contributed by atoms with E-state index < -0.39 is 23.4 Å². The number of esters is 1. The van der Waals surface area contributed by atoms with E-state index in [1.165, 1.54) is 30.9 Å². The van der Waals surface area contributed by atoms with Crippen molar-refractivity contribution in [3.63, 3.8) is 0 Å². The fraction of sp³-hybridized carbons (Fsp3) is 0.200. The zero-order valence-corrected chi connectivity index (χ0v) is 15.2. The molecule has 0 bridgehead atoms. The predicted octanol–water partition coefficient (Wildman–Crippen LogP) is 3.71. The smallest absolute Gasteiger partial charge is 0.416 e. The number of aromatic nitrogens is 2. The Bertz CT molecular complexity index is 1050.